The summed E-state index contributed by atoms with van der Waals surface area (Å²) in [7, 11) is 0. The van der Waals surface area contributed by atoms with E-state index >= 15 is 0 Å². The molecule has 0 radical (unpaired) electrons. The highest BCUT2D eigenvalue weighted by Gasteiger charge is 2.11. The molecule has 0 bridgehead atoms. The lowest BCUT2D eigenvalue weighted by Crippen LogP contribution is -1.95. The van der Waals surface area contributed by atoms with Crippen LogP contribution in [-0.2, 0) is 0 Å². The van der Waals surface area contributed by atoms with Gasteiger partial charge in [0.2, 0.25) is 0 Å². The monoisotopic (exact) mass is 223 g/mol. The second-order valence-electron chi connectivity index (χ2n) is 2.73. The SMILES string of the molecule is N#CCCSc1ccc(N)c([N+](=O)[O-])c1. The average molecular weight is 223 g/mol. The molecule has 1 aromatic carbocycles. The van der Waals surface area contributed by atoms with E-state index < -0.39 is 4.92 Å². The maximum Gasteiger partial charge on any atom is 0.293 e. The number of nitrogen functional groups attached to an aromatic ring is 1. The number of thioether (sulfide) groups is 1. The number of benzene rings is 1. The third-order valence-corrected chi connectivity index (χ3v) is 2.68. The fourth-order valence-electron chi connectivity index (χ4n) is 0.986. The van der Waals surface area contributed by atoms with Gasteiger partial charge in [-0.15, -0.1) is 11.8 Å². The summed E-state index contributed by atoms with van der Waals surface area (Å²) in [6.45, 7) is 0. The van der Waals surface area contributed by atoms with Crippen LogP contribution in [0.4, 0.5) is 11.4 Å². The summed E-state index contributed by atoms with van der Waals surface area (Å²) in [5.41, 5.74) is 5.51. The van der Waals surface area contributed by atoms with Gasteiger partial charge in [-0.25, -0.2) is 0 Å². The van der Waals surface area contributed by atoms with Gasteiger partial charge in [0, 0.05) is 23.1 Å². The Bertz CT molecular complexity index is 414. The molecule has 5 nitrogen and oxygen atoms in total. The van der Waals surface area contributed by atoms with Gasteiger partial charge in [-0.05, 0) is 12.1 Å². The van der Waals surface area contributed by atoms with Gasteiger partial charge in [-0.2, -0.15) is 5.26 Å². The lowest BCUT2D eigenvalue weighted by atomic mass is 10.3. The summed E-state index contributed by atoms with van der Waals surface area (Å²) >= 11 is 1.40. The molecule has 0 amide bonds. The van der Waals surface area contributed by atoms with Crippen LogP contribution < -0.4 is 5.73 Å². The van der Waals surface area contributed by atoms with Crippen LogP contribution in [0.25, 0.3) is 0 Å². The van der Waals surface area contributed by atoms with Gasteiger partial charge in [-0.3, -0.25) is 10.1 Å². The molecule has 2 N–H and O–H groups in total. The Kier molecular flexibility index (Phi) is 3.94. The molecule has 78 valence electrons. The van der Waals surface area contributed by atoms with Crippen molar-refractivity contribution in [1.29, 1.82) is 5.26 Å². The van der Waals surface area contributed by atoms with Crippen LogP contribution in [0.15, 0.2) is 23.1 Å². The molecule has 0 unspecified atom stereocenters. The Hall–Kier alpha value is -1.74. The Morgan fingerprint density at radius 3 is 2.93 bits per heavy atom. The van der Waals surface area contributed by atoms with E-state index in [2.05, 4.69) is 0 Å². The second-order valence-corrected chi connectivity index (χ2v) is 3.90. The van der Waals surface area contributed by atoms with Crippen molar-refractivity contribution in [3.05, 3.63) is 28.3 Å². The van der Waals surface area contributed by atoms with Crippen LogP contribution in [0.1, 0.15) is 6.42 Å². The minimum absolute atomic E-state index is 0.0862. The molecule has 0 atom stereocenters. The van der Waals surface area contributed by atoms with E-state index in [0.29, 0.717) is 12.2 Å². The third kappa shape index (κ3) is 3.14. The zero-order valence-electron chi connectivity index (χ0n) is 7.84. The van der Waals surface area contributed by atoms with Gasteiger partial charge in [0.1, 0.15) is 5.69 Å². The first-order valence-corrected chi connectivity index (χ1v) is 5.17. The van der Waals surface area contributed by atoms with Crippen molar-refractivity contribution >= 4 is 23.1 Å². The number of rotatable bonds is 4. The first-order valence-electron chi connectivity index (χ1n) is 4.19. The van der Waals surface area contributed by atoms with Crippen molar-refractivity contribution in [3.8, 4) is 6.07 Å². The molecule has 1 rings (SSSR count). The lowest BCUT2D eigenvalue weighted by molar-refractivity contribution is -0.384. The largest absolute Gasteiger partial charge is 0.393 e. The van der Waals surface area contributed by atoms with Gasteiger partial charge in [0.25, 0.3) is 5.69 Å². The topological polar surface area (TPSA) is 93.0 Å². The molecular formula is C9H9N3O2S. The van der Waals surface area contributed by atoms with Crippen molar-refractivity contribution in [3.63, 3.8) is 0 Å². The molecule has 0 fully saturated rings. The Labute approximate surface area is 91.0 Å². The molecule has 0 saturated carbocycles. The van der Waals surface area contributed by atoms with E-state index in [9.17, 15) is 10.1 Å². The minimum Gasteiger partial charge on any atom is -0.393 e. The molecule has 0 aliphatic rings. The summed E-state index contributed by atoms with van der Waals surface area (Å²) < 4.78 is 0. The Morgan fingerprint density at radius 1 is 1.60 bits per heavy atom. The van der Waals surface area contributed by atoms with Gasteiger partial charge in [0.05, 0.1) is 11.0 Å². The van der Waals surface area contributed by atoms with Gasteiger partial charge < -0.3 is 5.73 Å². The number of nitro benzene ring substituents is 1. The van der Waals surface area contributed by atoms with Crippen LogP contribution >= 0.6 is 11.8 Å². The number of hydrogen-bond acceptors (Lipinski definition) is 5. The van der Waals surface area contributed by atoms with E-state index in [1.807, 2.05) is 6.07 Å². The number of hydrogen-bond donors (Lipinski definition) is 1. The minimum atomic E-state index is -0.510. The van der Waals surface area contributed by atoms with Gasteiger partial charge in [-0.1, -0.05) is 0 Å². The van der Waals surface area contributed by atoms with E-state index in [1.165, 1.54) is 23.9 Å². The molecule has 0 saturated heterocycles. The number of anilines is 1. The molecule has 1 aromatic rings. The highest BCUT2D eigenvalue weighted by atomic mass is 32.2. The van der Waals surface area contributed by atoms with Crippen LogP contribution in [0.2, 0.25) is 0 Å². The molecule has 0 aromatic heterocycles. The quantitative estimate of drug-likeness (QED) is 0.277. The third-order valence-electron chi connectivity index (χ3n) is 1.68. The number of nitrogens with zero attached hydrogens (tertiary/aromatic N) is 2. The van der Waals surface area contributed by atoms with Crippen molar-refractivity contribution in [1.82, 2.24) is 0 Å². The molecule has 0 heterocycles. The summed E-state index contributed by atoms with van der Waals surface area (Å²) in [6.07, 6.45) is 0.419. The van der Waals surface area contributed by atoms with Gasteiger partial charge >= 0.3 is 0 Å². The molecule has 0 spiro atoms. The Morgan fingerprint density at radius 2 is 2.33 bits per heavy atom. The van der Waals surface area contributed by atoms with Crippen molar-refractivity contribution in [2.45, 2.75) is 11.3 Å². The highest BCUT2D eigenvalue weighted by Crippen LogP contribution is 2.28. The van der Waals surface area contributed by atoms with Crippen molar-refractivity contribution in [2.24, 2.45) is 0 Å². The maximum atomic E-state index is 10.6. The van der Waals surface area contributed by atoms with Crippen LogP contribution in [0, 0.1) is 21.4 Å². The molecular weight excluding hydrogens is 214 g/mol. The van der Waals surface area contributed by atoms with Gasteiger partial charge in [0.15, 0.2) is 0 Å². The lowest BCUT2D eigenvalue weighted by Gasteiger charge is -2.01. The molecule has 0 aliphatic carbocycles. The normalized spacial score (nSPS) is 9.53. The first-order chi connectivity index (χ1) is 7.15. The summed E-state index contributed by atoms with van der Waals surface area (Å²) in [6, 6.07) is 6.65. The van der Waals surface area contributed by atoms with E-state index in [4.69, 9.17) is 11.0 Å². The number of nitro groups is 1. The Balaban J connectivity index is 2.79. The fourth-order valence-corrected chi connectivity index (χ4v) is 1.77. The smallest absolute Gasteiger partial charge is 0.293 e. The van der Waals surface area contributed by atoms with Crippen LogP contribution in [-0.4, -0.2) is 10.7 Å². The first kappa shape index (κ1) is 11.3. The second kappa shape index (κ2) is 5.22. The summed E-state index contributed by atoms with van der Waals surface area (Å²) in [5.74, 6) is 0.623. The van der Waals surface area contributed by atoms with Crippen LogP contribution in [0.5, 0.6) is 0 Å². The van der Waals surface area contributed by atoms with Crippen molar-refractivity contribution in [2.75, 3.05) is 11.5 Å². The molecule has 6 heteroatoms. The predicted octanol–water partition coefficient (Wildman–Crippen LogP) is 2.18. The summed E-state index contributed by atoms with van der Waals surface area (Å²) in [4.78, 5) is 10.8. The van der Waals surface area contributed by atoms with Crippen LogP contribution in [0.3, 0.4) is 0 Å². The highest BCUT2D eigenvalue weighted by molar-refractivity contribution is 7.99. The van der Waals surface area contributed by atoms with E-state index in [0.717, 1.165) is 4.90 Å². The fraction of sp³-hybridized carbons (Fsp3) is 0.222. The number of nitriles is 1. The zero-order valence-corrected chi connectivity index (χ0v) is 8.66. The van der Waals surface area contributed by atoms with E-state index in [-0.39, 0.29) is 11.4 Å². The average Bonchev–Trinajstić information content (AvgIpc) is 2.20. The predicted molar refractivity (Wildman–Crippen MR) is 58.5 cm³/mol. The molecule has 15 heavy (non-hydrogen) atoms. The maximum absolute atomic E-state index is 10.6. The zero-order chi connectivity index (χ0) is 11.3. The molecule has 0 aliphatic heterocycles. The van der Waals surface area contributed by atoms with E-state index in [1.54, 1.807) is 6.07 Å². The van der Waals surface area contributed by atoms with Crippen molar-refractivity contribution < 1.29 is 4.92 Å². The standard InChI is InChI=1S/C9H9N3O2S/c10-4-1-5-15-7-2-3-8(11)9(6-7)12(13)14/h2-3,6H,1,5,11H2. The summed E-state index contributed by atoms with van der Waals surface area (Å²) in [5, 5.41) is 18.9. The number of nitrogens with two attached hydrogens (primary N) is 1.